The lowest BCUT2D eigenvalue weighted by Gasteiger charge is -2.19. The molecule has 2 heterocycles. The number of nitrogens with one attached hydrogen (secondary N) is 1. The molecule has 1 N–H and O–H groups in total. The molecule has 1 aliphatic rings. The second kappa shape index (κ2) is 6.62. The first-order chi connectivity index (χ1) is 10.7. The summed E-state index contributed by atoms with van der Waals surface area (Å²) in [6.07, 6.45) is 0. The van der Waals surface area contributed by atoms with Crippen LogP contribution < -0.4 is 5.32 Å². The average Bonchev–Trinajstić information content (AvgIpc) is 3.03. The quantitative estimate of drug-likeness (QED) is 0.942. The molecule has 1 aromatic heterocycles. The molecule has 114 valence electrons. The van der Waals surface area contributed by atoms with Crippen molar-refractivity contribution in [3.8, 4) is 10.6 Å². The summed E-state index contributed by atoms with van der Waals surface area (Å²) < 4.78 is 10.6. The zero-order valence-corrected chi connectivity index (χ0v) is 13.0. The molecule has 5 nitrogen and oxygen atoms in total. The zero-order chi connectivity index (χ0) is 15.4. The van der Waals surface area contributed by atoms with Crippen LogP contribution in [0.25, 0.3) is 10.6 Å². The van der Waals surface area contributed by atoms with Crippen molar-refractivity contribution in [2.75, 3.05) is 13.2 Å². The van der Waals surface area contributed by atoms with Gasteiger partial charge in [0.1, 0.15) is 24.0 Å². The maximum absolute atomic E-state index is 12.1. The van der Waals surface area contributed by atoms with Crippen molar-refractivity contribution in [3.63, 3.8) is 0 Å². The average molecular weight is 316 g/mol. The van der Waals surface area contributed by atoms with Crippen LogP contribution in [0.1, 0.15) is 12.6 Å². The fourth-order valence-corrected chi connectivity index (χ4v) is 2.91. The number of hydrogen-bond donors (Lipinski definition) is 1. The van der Waals surface area contributed by atoms with Crippen LogP contribution in [0.4, 0.5) is 0 Å². The molecule has 0 saturated carbocycles. The molecule has 0 spiro atoms. The second-order valence-corrected chi connectivity index (χ2v) is 5.63. The summed E-state index contributed by atoms with van der Waals surface area (Å²) in [5, 5.41) is 5.69. The molecule has 0 aliphatic carbocycles. The lowest BCUT2D eigenvalue weighted by molar-refractivity contribution is -0.122. The molecule has 1 amide bonds. The van der Waals surface area contributed by atoms with Gasteiger partial charge >= 0.3 is 0 Å². The molecule has 22 heavy (non-hydrogen) atoms. The highest BCUT2D eigenvalue weighted by atomic mass is 32.1. The van der Waals surface area contributed by atoms with Crippen LogP contribution in [0.3, 0.4) is 0 Å². The highest BCUT2D eigenvalue weighted by Gasteiger charge is 2.19. The minimum atomic E-state index is -0.272. The summed E-state index contributed by atoms with van der Waals surface area (Å²) in [6, 6.07) is 9.97. The number of ether oxygens (including phenoxy) is 2. The van der Waals surface area contributed by atoms with Crippen molar-refractivity contribution < 1.29 is 14.3 Å². The molecule has 2 aromatic rings. The van der Waals surface area contributed by atoms with Crippen molar-refractivity contribution in [2.24, 2.45) is 0 Å². The van der Waals surface area contributed by atoms with E-state index in [9.17, 15) is 4.79 Å². The lowest BCUT2D eigenvalue weighted by atomic mass is 10.2. The van der Waals surface area contributed by atoms with E-state index in [0.29, 0.717) is 25.5 Å². The Kier molecular flexibility index (Phi) is 4.39. The number of nitrogens with zero attached hydrogens (tertiary/aromatic N) is 1. The van der Waals surface area contributed by atoms with Gasteiger partial charge < -0.3 is 14.8 Å². The number of amides is 1. The first-order valence-electron chi connectivity index (χ1n) is 6.98. The van der Waals surface area contributed by atoms with Gasteiger partial charge in [-0.25, -0.2) is 4.98 Å². The van der Waals surface area contributed by atoms with E-state index in [4.69, 9.17) is 9.47 Å². The van der Waals surface area contributed by atoms with Crippen LogP contribution in [0.2, 0.25) is 0 Å². The molecule has 1 aromatic carbocycles. The van der Waals surface area contributed by atoms with Crippen LogP contribution >= 0.6 is 11.3 Å². The van der Waals surface area contributed by atoms with Crippen molar-refractivity contribution in [1.29, 1.82) is 0 Å². The minimum absolute atomic E-state index is 0.254. The van der Waals surface area contributed by atoms with Gasteiger partial charge in [0.2, 0.25) is 5.76 Å². The van der Waals surface area contributed by atoms with Crippen molar-refractivity contribution in [1.82, 2.24) is 10.3 Å². The molecular formula is C16H16N2O3S. The highest BCUT2D eigenvalue weighted by Crippen LogP contribution is 2.23. The number of rotatable bonds is 4. The highest BCUT2D eigenvalue weighted by molar-refractivity contribution is 7.13. The molecule has 6 heteroatoms. The fraction of sp³-hybridized carbons (Fsp3) is 0.250. The molecule has 3 rings (SSSR count). The van der Waals surface area contributed by atoms with E-state index in [2.05, 4.69) is 10.3 Å². The molecule has 0 unspecified atom stereocenters. The van der Waals surface area contributed by atoms with Gasteiger partial charge in [-0.1, -0.05) is 30.3 Å². The van der Waals surface area contributed by atoms with Gasteiger partial charge in [0.15, 0.2) is 0 Å². The Morgan fingerprint density at radius 2 is 2.05 bits per heavy atom. The predicted molar refractivity (Wildman–Crippen MR) is 84.0 cm³/mol. The van der Waals surface area contributed by atoms with Crippen LogP contribution in [0.15, 0.2) is 47.2 Å². The summed E-state index contributed by atoms with van der Waals surface area (Å²) in [4.78, 5) is 16.6. The Hall–Kier alpha value is -2.34. The number of thiazole rings is 1. The van der Waals surface area contributed by atoms with E-state index in [-0.39, 0.29) is 11.7 Å². The summed E-state index contributed by atoms with van der Waals surface area (Å²) in [5.41, 5.74) is 1.90. The number of aromatic nitrogens is 1. The van der Waals surface area contributed by atoms with E-state index in [1.165, 1.54) is 0 Å². The minimum Gasteiger partial charge on any atom is -0.491 e. The van der Waals surface area contributed by atoms with Crippen LogP contribution in [-0.4, -0.2) is 24.1 Å². The van der Waals surface area contributed by atoms with Crippen LogP contribution in [0.5, 0.6) is 0 Å². The Labute approximate surface area is 132 Å². The van der Waals surface area contributed by atoms with Gasteiger partial charge in [0.25, 0.3) is 5.91 Å². The molecule has 0 bridgehead atoms. The molecule has 0 saturated heterocycles. The number of allylic oxidation sites excluding steroid dienone is 1. The van der Waals surface area contributed by atoms with E-state index in [1.807, 2.05) is 35.7 Å². The summed E-state index contributed by atoms with van der Waals surface area (Å²) in [7, 11) is 0. The topological polar surface area (TPSA) is 60.5 Å². The summed E-state index contributed by atoms with van der Waals surface area (Å²) in [5.74, 6) is 0.503. The maximum atomic E-state index is 12.1. The third-order valence-electron chi connectivity index (χ3n) is 3.18. The Balaban J connectivity index is 1.63. The first-order valence-corrected chi connectivity index (χ1v) is 7.86. The number of benzene rings is 1. The molecule has 0 atom stereocenters. The Bertz CT molecular complexity index is 694. The fourth-order valence-electron chi connectivity index (χ4n) is 2.08. The third kappa shape index (κ3) is 3.28. The molecule has 0 fully saturated rings. The van der Waals surface area contributed by atoms with Gasteiger partial charge in [0, 0.05) is 10.9 Å². The van der Waals surface area contributed by atoms with Crippen LogP contribution in [-0.2, 0) is 20.8 Å². The lowest BCUT2D eigenvalue weighted by Crippen LogP contribution is -2.29. The number of carbonyl (C=O) groups excluding carboxylic acids is 1. The van der Waals surface area contributed by atoms with Gasteiger partial charge in [-0.15, -0.1) is 11.3 Å². The summed E-state index contributed by atoms with van der Waals surface area (Å²) >= 11 is 1.56. The Morgan fingerprint density at radius 3 is 2.82 bits per heavy atom. The molecule has 0 radical (unpaired) electrons. The number of carbonyl (C=O) groups is 1. The molecule has 1 aliphatic heterocycles. The normalized spacial score (nSPS) is 14.2. The second-order valence-electron chi connectivity index (χ2n) is 4.77. The zero-order valence-electron chi connectivity index (χ0n) is 12.2. The van der Waals surface area contributed by atoms with E-state index >= 15 is 0 Å². The van der Waals surface area contributed by atoms with E-state index in [0.717, 1.165) is 16.3 Å². The summed E-state index contributed by atoms with van der Waals surface area (Å²) in [6.45, 7) is 2.97. The molecular weight excluding hydrogens is 300 g/mol. The Morgan fingerprint density at radius 1 is 1.27 bits per heavy atom. The maximum Gasteiger partial charge on any atom is 0.290 e. The first kappa shape index (κ1) is 14.6. The van der Waals surface area contributed by atoms with E-state index < -0.39 is 0 Å². The van der Waals surface area contributed by atoms with Crippen LogP contribution in [0, 0.1) is 0 Å². The predicted octanol–water partition coefficient (Wildman–Crippen LogP) is 2.70. The van der Waals surface area contributed by atoms with Gasteiger partial charge in [-0.2, -0.15) is 0 Å². The van der Waals surface area contributed by atoms with Gasteiger partial charge in [-0.3, -0.25) is 4.79 Å². The van der Waals surface area contributed by atoms with Gasteiger partial charge in [-0.05, 0) is 6.92 Å². The van der Waals surface area contributed by atoms with Crippen molar-refractivity contribution in [3.05, 3.63) is 52.9 Å². The van der Waals surface area contributed by atoms with Gasteiger partial charge in [0.05, 0.1) is 12.2 Å². The largest absolute Gasteiger partial charge is 0.491 e. The smallest absolute Gasteiger partial charge is 0.290 e. The van der Waals surface area contributed by atoms with E-state index in [1.54, 1.807) is 18.3 Å². The van der Waals surface area contributed by atoms with Crippen molar-refractivity contribution in [2.45, 2.75) is 13.5 Å². The van der Waals surface area contributed by atoms with Crippen molar-refractivity contribution >= 4 is 17.2 Å². The standard InChI is InChI=1S/C16H16N2O3S/c1-11-14(21-8-7-20-11)15(19)17-9-13-10-22-16(18-13)12-5-3-2-4-6-12/h2-6,10H,7-9H2,1H3,(H,17,19). The SMILES string of the molecule is CC1=C(C(=O)NCc2csc(-c3ccccc3)n2)OCCO1. The monoisotopic (exact) mass is 316 g/mol. The third-order valence-corrected chi connectivity index (χ3v) is 4.12. The number of hydrogen-bond acceptors (Lipinski definition) is 5.